The van der Waals surface area contributed by atoms with E-state index in [2.05, 4.69) is 12.1 Å². The quantitative estimate of drug-likeness (QED) is 0.226. The normalized spacial score (nSPS) is 24.2. The fraction of sp³-hybridized carbons (Fsp3) is 0.706. The molecule has 222 valence electrons. The van der Waals surface area contributed by atoms with Crippen LogP contribution in [0, 0.1) is 22.7 Å². The van der Waals surface area contributed by atoms with Gasteiger partial charge in [0.1, 0.15) is 11.6 Å². The van der Waals surface area contributed by atoms with Gasteiger partial charge in [-0.15, -0.1) is 0 Å². The Morgan fingerprint density at radius 1 is 0.675 bits per heavy atom. The van der Waals surface area contributed by atoms with Crippen molar-refractivity contribution in [2.75, 3.05) is 0 Å². The lowest BCUT2D eigenvalue weighted by Crippen LogP contribution is -2.31. The lowest BCUT2D eigenvalue weighted by Gasteiger charge is -2.33. The van der Waals surface area contributed by atoms with Crippen molar-refractivity contribution in [1.29, 1.82) is 0 Å². The molecule has 2 aliphatic rings. The summed E-state index contributed by atoms with van der Waals surface area (Å²) in [6.07, 6.45) is 11.5. The highest BCUT2D eigenvalue weighted by Gasteiger charge is 2.38. The van der Waals surface area contributed by atoms with Crippen molar-refractivity contribution >= 4 is 23.5 Å². The van der Waals surface area contributed by atoms with Gasteiger partial charge < -0.3 is 10.2 Å². The smallest absolute Gasteiger partial charge is 0.309 e. The number of carbonyl (C=O) groups is 4. The van der Waals surface area contributed by atoms with Crippen LogP contribution in [0.2, 0.25) is 0 Å². The summed E-state index contributed by atoms with van der Waals surface area (Å²) in [6.45, 7) is 7.02. The Kier molecular flexibility index (Phi) is 11.1. The summed E-state index contributed by atoms with van der Waals surface area (Å²) in [7, 11) is 0. The van der Waals surface area contributed by atoms with Gasteiger partial charge in [-0.3, -0.25) is 19.2 Å². The van der Waals surface area contributed by atoms with E-state index in [-0.39, 0.29) is 35.2 Å². The van der Waals surface area contributed by atoms with Crippen LogP contribution in [-0.4, -0.2) is 33.7 Å². The molecule has 2 fully saturated rings. The molecule has 0 aromatic heterocycles. The molecular weight excluding hydrogens is 504 g/mol. The average molecular weight is 555 g/mol. The van der Waals surface area contributed by atoms with Gasteiger partial charge in [-0.25, -0.2) is 0 Å². The lowest BCUT2D eigenvalue weighted by molar-refractivity contribution is -0.148. The van der Waals surface area contributed by atoms with Crippen LogP contribution in [0.25, 0.3) is 0 Å². The highest BCUT2D eigenvalue weighted by molar-refractivity contribution is 5.92. The number of carboxylic acid groups (broad SMARTS) is 2. The van der Waals surface area contributed by atoms with Crippen LogP contribution in [0.3, 0.4) is 0 Å². The van der Waals surface area contributed by atoms with E-state index in [9.17, 15) is 29.4 Å². The van der Waals surface area contributed by atoms with E-state index in [0.29, 0.717) is 12.8 Å². The summed E-state index contributed by atoms with van der Waals surface area (Å²) in [5.41, 5.74) is 0.590. The Bertz CT molecular complexity index is 971. The van der Waals surface area contributed by atoms with Crippen molar-refractivity contribution in [3.05, 3.63) is 35.4 Å². The van der Waals surface area contributed by atoms with Crippen molar-refractivity contribution in [1.82, 2.24) is 0 Å². The second-order valence-corrected chi connectivity index (χ2v) is 13.7. The Balaban J connectivity index is 1.63. The minimum absolute atomic E-state index is 0.00426. The van der Waals surface area contributed by atoms with Gasteiger partial charge in [-0.1, -0.05) is 62.8 Å². The summed E-state index contributed by atoms with van der Waals surface area (Å²) < 4.78 is 0. The Morgan fingerprint density at radius 2 is 1.05 bits per heavy atom. The minimum atomic E-state index is -0.778. The topological polar surface area (TPSA) is 109 Å². The Hall–Kier alpha value is -2.50. The number of rotatable bonds is 14. The van der Waals surface area contributed by atoms with E-state index in [4.69, 9.17) is 0 Å². The molecule has 6 nitrogen and oxygen atoms in total. The summed E-state index contributed by atoms with van der Waals surface area (Å²) in [4.78, 5) is 50.2. The molecule has 1 aromatic carbocycles. The molecule has 0 radical (unpaired) electrons. The molecule has 3 rings (SSSR count). The molecule has 40 heavy (non-hydrogen) atoms. The molecule has 2 N–H and O–H groups in total. The highest BCUT2D eigenvalue weighted by Crippen LogP contribution is 2.43. The molecule has 0 aliphatic heterocycles. The first-order valence-corrected chi connectivity index (χ1v) is 15.5. The van der Waals surface area contributed by atoms with Gasteiger partial charge in [0.15, 0.2) is 0 Å². The number of hydrogen-bond acceptors (Lipinski definition) is 4. The zero-order valence-corrected chi connectivity index (χ0v) is 25.0. The monoisotopic (exact) mass is 554 g/mol. The van der Waals surface area contributed by atoms with E-state index in [0.717, 1.165) is 88.2 Å². The first-order valence-electron chi connectivity index (χ1n) is 15.5. The van der Waals surface area contributed by atoms with E-state index < -0.39 is 22.8 Å². The second-order valence-electron chi connectivity index (χ2n) is 13.7. The van der Waals surface area contributed by atoms with Gasteiger partial charge in [-0.05, 0) is 90.2 Å². The number of Topliss-reactive ketones (excluding diaryl/α,β-unsaturated/α-hetero) is 2. The number of unbranched alkanes of at least 4 members (excludes halogenated alkanes) is 2. The van der Waals surface area contributed by atoms with Crippen molar-refractivity contribution in [3.8, 4) is 0 Å². The van der Waals surface area contributed by atoms with Gasteiger partial charge >= 0.3 is 11.9 Å². The van der Waals surface area contributed by atoms with E-state index in [1.165, 1.54) is 0 Å². The van der Waals surface area contributed by atoms with Gasteiger partial charge in [0.2, 0.25) is 0 Å². The molecule has 4 atom stereocenters. The third-order valence-electron chi connectivity index (χ3n) is 9.70. The molecule has 0 amide bonds. The van der Waals surface area contributed by atoms with Crippen molar-refractivity contribution < 1.29 is 29.4 Å². The van der Waals surface area contributed by atoms with Crippen molar-refractivity contribution in [3.63, 3.8) is 0 Å². The predicted octanol–water partition coefficient (Wildman–Crippen LogP) is 7.93. The van der Waals surface area contributed by atoms with Crippen LogP contribution >= 0.6 is 0 Å². The average Bonchev–Trinajstić information content (AvgIpc) is 2.90. The van der Waals surface area contributed by atoms with Gasteiger partial charge in [0.25, 0.3) is 0 Å². The lowest BCUT2D eigenvalue weighted by atomic mass is 9.69. The summed E-state index contributed by atoms with van der Waals surface area (Å²) in [6, 6.07) is 8.08. The first kappa shape index (κ1) is 32.0. The fourth-order valence-corrected chi connectivity index (χ4v) is 6.74. The first-order chi connectivity index (χ1) is 18.8. The number of aliphatic carboxylic acids is 2. The van der Waals surface area contributed by atoms with Crippen molar-refractivity contribution in [2.24, 2.45) is 22.7 Å². The summed E-state index contributed by atoms with van der Waals surface area (Å²) >= 11 is 0. The number of ketones is 2. The van der Waals surface area contributed by atoms with Gasteiger partial charge in [0, 0.05) is 23.7 Å². The molecular formula is C34H50O6. The van der Waals surface area contributed by atoms with Crippen LogP contribution in [0.4, 0.5) is 0 Å². The largest absolute Gasteiger partial charge is 0.481 e. The number of carboxylic acids is 2. The number of benzene rings is 1. The molecule has 2 saturated carbocycles. The van der Waals surface area contributed by atoms with Crippen LogP contribution in [0.15, 0.2) is 24.3 Å². The molecule has 0 heterocycles. The predicted molar refractivity (Wildman–Crippen MR) is 156 cm³/mol. The molecule has 0 bridgehead atoms. The fourth-order valence-electron chi connectivity index (χ4n) is 6.74. The highest BCUT2D eigenvalue weighted by atomic mass is 16.4. The molecule has 6 heteroatoms. The van der Waals surface area contributed by atoms with Gasteiger partial charge in [0.05, 0.1) is 10.8 Å². The van der Waals surface area contributed by atoms with E-state index in [1.807, 2.05) is 12.1 Å². The maximum Gasteiger partial charge on any atom is 0.309 e. The molecule has 1 aromatic rings. The molecule has 0 saturated heterocycles. The van der Waals surface area contributed by atoms with Gasteiger partial charge in [-0.2, -0.15) is 0 Å². The minimum Gasteiger partial charge on any atom is -0.481 e. The molecule has 4 unspecified atom stereocenters. The Morgan fingerprint density at radius 3 is 1.40 bits per heavy atom. The van der Waals surface area contributed by atoms with Crippen LogP contribution in [-0.2, 0) is 19.2 Å². The maximum absolute atomic E-state index is 13.7. The Labute approximate surface area is 240 Å². The van der Waals surface area contributed by atoms with E-state index in [1.54, 1.807) is 27.7 Å². The van der Waals surface area contributed by atoms with Crippen LogP contribution in [0.1, 0.15) is 141 Å². The van der Waals surface area contributed by atoms with Crippen LogP contribution < -0.4 is 0 Å². The van der Waals surface area contributed by atoms with Crippen LogP contribution in [0.5, 0.6) is 0 Å². The standard InChI is InChI=1S/C34H50O6/c1-33(2,31(37)38)21-9-7-13-23-15-11-19-27(29(23)35)25-17-5-6-18-26(25)28-20-12-16-24(30(28)36)14-8-10-22-34(3,4)32(39)40/h5-6,17-18,23-24,27-28H,7-16,19-22H2,1-4H3,(H,37,38)(H,39,40). The number of hydrogen-bond donors (Lipinski definition) is 2. The molecule has 0 spiro atoms. The summed E-state index contributed by atoms with van der Waals surface area (Å²) in [5, 5.41) is 18.7. The third-order valence-corrected chi connectivity index (χ3v) is 9.70. The summed E-state index contributed by atoms with van der Waals surface area (Å²) in [5.74, 6) is -1.31. The van der Waals surface area contributed by atoms with Crippen molar-refractivity contribution in [2.45, 2.75) is 129 Å². The zero-order valence-electron chi connectivity index (χ0n) is 25.0. The number of carbonyl (C=O) groups excluding carboxylic acids is 2. The maximum atomic E-state index is 13.7. The third kappa shape index (κ3) is 8.04. The molecule has 2 aliphatic carbocycles. The zero-order chi connectivity index (χ0) is 29.5. The second kappa shape index (κ2) is 13.9. The van der Waals surface area contributed by atoms with E-state index >= 15 is 0 Å². The SMILES string of the molecule is CC(C)(CCCCC1CCCC(c2ccccc2C2CCCC(CCCCC(C)(C)C(=O)O)C2=O)C1=O)C(=O)O.